The van der Waals surface area contributed by atoms with E-state index < -0.39 is 15.7 Å². The van der Waals surface area contributed by atoms with Gasteiger partial charge in [-0.25, -0.2) is 12.8 Å². The number of rotatable bonds is 3. The van der Waals surface area contributed by atoms with Gasteiger partial charge in [0.05, 0.1) is 24.2 Å². The lowest BCUT2D eigenvalue weighted by atomic mass is 10.1. The van der Waals surface area contributed by atoms with E-state index in [0.29, 0.717) is 38.3 Å². The third-order valence-electron chi connectivity index (χ3n) is 4.73. The molecule has 8 heteroatoms. The minimum absolute atomic E-state index is 0.0349. The molecule has 1 amide bonds. The van der Waals surface area contributed by atoms with Crippen LogP contribution >= 0.6 is 0 Å². The van der Waals surface area contributed by atoms with Gasteiger partial charge < -0.3 is 9.64 Å². The van der Waals surface area contributed by atoms with Crippen molar-refractivity contribution in [3.8, 4) is 5.75 Å². The van der Waals surface area contributed by atoms with Gasteiger partial charge in [0, 0.05) is 38.3 Å². The van der Waals surface area contributed by atoms with Gasteiger partial charge in [-0.15, -0.1) is 0 Å². The number of hydrogen-bond acceptors (Lipinski definition) is 5. The molecule has 0 aliphatic carbocycles. The number of carbonyl (C=O) groups is 1. The van der Waals surface area contributed by atoms with Gasteiger partial charge in [-0.1, -0.05) is 0 Å². The van der Waals surface area contributed by atoms with E-state index in [1.807, 2.05) is 0 Å². The number of nitrogens with zero attached hydrogens (tertiary/aromatic N) is 2. The molecular formula is C16H21FN2O4S. The summed E-state index contributed by atoms with van der Waals surface area (Å²) in [7, 11) is -1.47. The van der Waals surface area contributed by atoms with Crippen LogP contribution in [0.4, 0.5) is 4.39 Å². The van der Waals surface area contributed by atoms with E-state index in [4.69, 9.17) is 4.74 Å². The number of hydrogen-bond donors (Lipinski definition) is 0. The van der Waals surface area contributed by atoms with Crippen LogP contribution in [-0.4, -0.2) is 75.0 Å². The Labute approximate surface area is 141 Å². The summed E-state index contributed by atoms with van der Waals surface area (Å²) < 4.78 is 42.2. The minimum atomic E-state index is -2.91. The van der Waals surface area contributed by atoms with Crippen molar-refractivity contribution in [3.05, 3.63) is 29.6 Å². The normalized spacial score (nSPS) is 24.1. The van der Waals surface area contributed by atoms with Gasteiger partial charge in [0.25, 0.3) is 5.91 Å². The fourth-order valence-corrected chi connectivity index (χ4v) is 5.08. The van der Waals surface area contributed by atoms with Crippen LogP contribution in [0.1, 0.15) is 16.8 Å². The summed E-state index contributed by atoms with van der Waals surface area (Å²) >= 11 is 0. The molecule has 2 aliphatic rings. The zero-order chi connectivity index (χ0) is 17.3. The average Bonchev–Trinajstić information content (AvgIpc) is 2.94. The zero-order valence-electron chi connectivity index (χ0n) is 13.6. The van der Waals surface area contributed by atoms with E-state index in [1.54, 1.807) is 11.0 Å². The van der Waals surface area contributed by atoms with Crippen molar-refractivity contribution in [2.45, 2.75) is 12.5 Å². The first-order chi connectivity index (χ1) is 11.4. The largest absolute Gasteiger partial charge is 0.497 e. The molecule has 0 spiro atoms. The van der Waals surface area contributed by atoms with Gasteiger partial charge in [-0.05, 0) is 18.6 Å². The second kappa shape index (κ2) is 6.68. The van der Waals surface area contributed by atoms with Crippen LogP contribution in [0.5, 0.6) is 5.75 Å². The highest BCUT2D eigenvalue weighted by Gasteiger charge is 2.34. The van der Waals surface area contributed by atoms with Crippen LogP contribution in [0, 0.1) is 5.82 Å². The highest BCUT2D eigenvalue weighted by molar-refractivity contribution is 7.91. The molecule has 24 heavy (non-hydrogen) atoms. The lowest BCUT2D eigenvalue weighted by Crippen LogP contribution is -2.52. The maximum absolute atomic E-state index is 14.0. The third-order valence-corrected chi connectivity index (χ3v) is 6.48. The van der Waals surface area contributed by atoms with E-state index in [1.165, 1.54) is 19.2 Å². The molecule has 1 aromatic carbocycles. The fourth-order valence-electron chi connectivity index (χ4n) is 3.32. The zero-order valence-corrected chi connectivity index (χ0v) is 14.4. The maximum atomic E-state index is 14.0. The Bertz CT molecular complexity index is 730. The Balaban J connectivity index is 1.61. The topological polar surface area (TPSA) is 66.9 Å². The van der Waals surface area contributed by atoms with Gasteiger partial charge in [-0.3, -0.25) is 9.69 Å². The number of piperazine rings is 1. The molecule has 132 valence electrons. The smallest absolute Gasteiger partial charge is 0.256 e. The van der Waals surface area contributed by atoms with Crippen molar-refractivity contribution >= 4 is 15.7 Å². The van der Waals surface area contributed by atoms with Gasteiger partial charge in [-0.2, -0.15) is 0 Å². The predicted octanol–water partition coefficient (Wildman–Crippen LogP) is 0.779. The molecule has 0 radical (unpaired) electrons. The number of benzene rings is 1. The molecule has 0 N–H and O–H groups in total. The van der Waals surface area contributed by atoms with Gasteiger partial charge in [0.15, 0.2) is 9.84 Å². The molecule has 2 fully saturated rings. The first-order valence-electron chi connectivity index (χ1n) is 7.97. The van der Waals surface area contributed by atoms with Gasteiger partial charge in [0.2, 0.25) is 0 Å². The highest BCUT2D eigenvalue weighted by Crippen LogP contribution is 2.21. The van der Waals surface area contributed by atoms with E-state index in [2.05, 4.69) is 4.90 Å². The minimum Gasteiger partial charge on any atom is -0.497 e. The quantitative estimate of drug-likeness (QED) is 0.801. The Morgan fingerprint density at radius 1 is 1.25 bits per heavy atom. The maximum Gasteiger partial charge on any atom is 0.256 e. The van der Waals surface area contributed by atoms with Crippen LogP contribution in [0.15, 0.2) is 18.2 Å². The van der Waals surface area contributed by atoms with Crippen molar-refractivity contribution in [1.29, 1.82) is 0 Å². The summed E-state index contributed by atoms with van der Waals surface area (Å²) in [4.78, 5) is 16.2. The van der Waals surface area contributed by atoms with Crippen molar-refractivity contribution in [2.75, 3.05) is 44.8 Å². The van der Waals surface area contributed by atoms with Crippen LogP contribution < -0.4 is 4.74 Å². The average molecular weight is 356 g/mol. The molecule has 0 unspecified atom stereocenters. The van der Waals surface area contributed by atoms with Crippen LogP contribution in [0.25, 0.3) is 0 Å². The van der Waals surface area contributed by atoms with E-state index in [9.17, 15) is 17.6 Å². The molecule has 0 bridgehead atoms. The number of ether oxygens (including phenoxy) is 1. The molecule has 0 saturated carbocycles. The second-order valence-corrected chi connectivity index (χ2v) is 8.46. The molecule has 0 aromatic heterocycles. The Kier molecular flexibility index (Phi) is 4.78. The Hall–Kier alpha value is -1.67. The van der Waals surface area contributed by atoms with E-state index in [0.717, 1.165) is 0 Å². The summed E-state index contributed by atoms with van der Waals surface area (Å²) in [5.74, 6) is -0.115. The molecule has 6 nitrogen and oxygen atoms in total. The van der Waals surface area contributed by atoms with Gasteiger partial charge >= 0.3 is 0 Å². The van der Waals surface area contributed by atoms with E-state index in [-0.39, 0.29) is 29.0 Å². The summed E-state index contributed by atoms with van der Waals surface area (Å²) in [6, 6.07) is 4.25. The summed E-state index contributed by atoms with van der Waals surface area (Å²) in [5, 5.41) is 0. The number of carbonyl (C=O) groups excluding carboxylic acids is 1. The highest BCUT2D eigenvalue weighted by atomic mass is 32.2. The molecular weight excluding hydrogens is 335 g/mol. The predicted molar refractivity (Wildman–Crippen MR) is 87.5 cm³/mol. The fraction of sp³-hybridized carbons (Fsp3) is 0.562. The van der Waals surface area contributed by atoms with Crippen LogP contribution in [-0.2, 0) is 9.84 Å². The van der Waals surface area contributed by atoms with E-state index >= 15 is 0 Å². The van der Waals surface area contributed by atoms with Crippen molar-refractivity contribution in [1.82, 2.24) is 9.80 Å². The SMILES string of the molecule is COc1ccc(C(=O)N2CCN([C@H]3CCS(=O)(=O)C3)CC2)c(F)c1. The van der Waals surface area contributed by atoms with Crippen LogP contribution in [0.2, 0.25) is 0 Å². The van der Waals surface area contributed by atoms with Crippen molar-refractivity contribution in [3.63, 3.8) is 0 Å². The molecule has 2 heterocycles. The second-order valence-electron chi connectivity index (χ2n) is 6.23. The number of methoxy groups -OCH3 is 1. The third kappa shape index (κ3) is 3.54. The molecule has 1 atom stereocenters. The lowest BCUT2D eigenvalue weighted by molar-refractivity contribution is 0.0583. The standard InChI is InChI=1S/C16H21FN2O4S/c1-23-13-2-3-14(15(17)10-13)16(20)19-7-5-18(6-8-19)12-4-9-24(21,22)11-12/h2-3,10,12H,4-9,11H2,1H3/t12-/m0/s1. The molecule has 3 rings (SSSR count). The summed E-state index contributed by atoms with van der Waals surface area (Å²) in [6.07, 6.45) is 0.656. The monoisotopic (exact) mass is 356 g/mol. The lowest BCUT2D eigenvalue weighted by Gasteiger charge is -2.37. The summed E-state index contributed by atoms with van der Waals surface area (Å²) in [5.41, 5.74) is 0.0349. The number of sulfone groups is 1. The first kappa shape index (κ1) is 17.2. The Morgan fingerprint density at radius 3 is 2.50 bits per heavy atom. The van der Waals surface area contributed by atoms with Crippen LogP contribution in [0.3, 0.4) is 0 Å². The number of halogens is 1. The van der Waals surface area contributed by atoms with Crippen molar-refractivity contribution in [2.24, 2.45) is 0 Å². The molecule has 2 aliphatic heterocycles. The summed E-state index contributed by atoms with van der Waals surface area (Å²) in [6.45, 7) is 2.18. The van der Waals surface area contributed by atoms with Crippen molar-refractivity contribution < 1.29 is 22.3 Å². The number of amides is 1. The molecule has 2 saturated heterocycles. The van der Waals surface area contributed by atoms with Gasteiger partial charge in [0.1, 0.15) is 11.6 Å². The Morgan fingerprint density at radius 2 is 1.96 bits per heavy atom. The first-order valence-corrected chi connectivity index (χ1v) is 9.79. The molecule has 1 aromatic rings.